The first-order chi connectivity index (χ1) is 10.4. The Labute approximate surface area is 129 Å². The van der Waals surface area contributed by atoms with Crippen LogP contribution in [0.15, 0.2) is 18.2 Å². The molecule has 1 saturated heterocycles. The van der Waals surface area contributed by atoms with Crippen molar-refractivity contribution < 1.29 is 14.5 Å². The molecule has 0 aromatic heterocycles. The number of benzene rings is 1. The third kappa shape index (κ3) is 3.94. The number of anilines is 1. The molecule has 1 aliphatic heterocycles. The lowest BCUT2D eigenvalue weighted by Gasteiger charge is -2.35. The minimum absolute atomic E-state index is 0.00849. The van der Waals surface area contributed by atoms with Gasteiger partial charge in [-0.1, -0.05) is 6.07 Å². The van der Waals surface area contributed by atoms with E-state index in [1.165, 1.54) is 12.1 Å². The molecule has 0 saturated carbocycles. The molecule has 2 unspecified atom stereocenters. The number of ether oxygens (including phenoxy) is 1. The Bertz CT molecular complexity index is 566. The van der Waals surface area contributed by atoms with Gasteiger partial charge in [-0.25, -0.2) is 0 Å². The van der Waals surface area contributed by atoms with E-state index in [1.807, 2.05) is 20.8 Å². The first-order valence-electron chi connectivity index (χ1n) is 7.29. The molecule has 0 aliphatic carbocycles. The highest BCUT2D eigenvalue weighted by Crippen LogP contribution is 2.21. The zero-order valence-electron chi connectivity index (χ0n) is 13.0. The number of nitro groups is 1. The SMILES string of the molecule is Cc1ccc([N+](=O)[O-])cc1NCC(=O)N1CC(C)OC(C)C1. The average Bonchev–Trinajstić information content (AvgIpc) is 2.44. The molecule has 7 nitrogen and oxygen atoms in total. The summed E-state index contributed by atoms with van der Waals surface area (Å²) in [5.74, 6) is -0.0343. The summed E-state index contributed by atoms with van der Waals surface area (Å²) in [6.07, 6.45) is 0.0412. The smallest absolute Gasteiger partial charge is 0.271 e. The minimum Gasteiger partial charge on any atom is -0.376 e. The number of non-ortho nitro benzene ring substituents is 1. The van der Waals surface area contributed by atoms with Crippen molar-refractivity contribution in [3.63, 3.8) is 0 Å². The highest BCUT2D eigenvalue weighted by molar-refractivity contribution is 5.81. The summed E-state index contributed by atoms with van der Waals surface area (Å²) in [6.45, 7) is 6.97. The number of hydrogen-bond donors (Lipinski definition) is 1. The van der Waals surface area contributed by atoms with Crippen LogP contribution in [0.2, 0.25) is 0 Å². The van der Waals surface area contributed by atoms with Crippen molar-refractivity contribution in [2.24, 2.45) is 0 Å². The lowest BCUT2D eigenvalue weighted by atomic mass is 10.2. The number of carbonyl (C=O) groups is 1. The first-order valence-corrected chi connectivity index (χ1v) is 7.29. The lowest BCUT2D eigenvalue weighted by Crippen LogP contribution is -2.49. The number of rotatable bonds is 4. The van der Waals surface area contributed by atoms with Gasteiger partial charge in [-0.05, 0) is 26.3 Å². The van der Waals surface area contributed by atoms with Crippen LogP contribution in [-0.2, 0) is 9.53 Å². The molecule has 2 rings (SSSR count). The Morgan fingerprint density at radius 2 is 2.05 bits per heavy atom. The topological polar surface area (TPSA) is 84.7 Å². The molecule has 0 radical (unpaired) electrons. The average molecular weight is 307 g/mol. The molecule has 1 amide bonds. The molecule has 0 bridgehead atoms. The number of carbonyl (C=O) groups excluding carboxylic acids is 1. The summed E-state index contributed by atoms with van der Waals surface area (Å²) in [7, 11) is 0. The van der Waals surface area contributed by atoms with Crippen molar-refractivity contribution >= 4 is 17.3 Å². The summed E-state index contributed by atoms with van der Waals surface area (Å²) in [5.41, 5.74) is 1.48. The van der Waals surface area contributed by atoms with Gasteiger partial charge in [-0.3, -0.25) is 14.9 Å². The second-order valence-corrected chi connectivity index (χ2v) is 5.67. The van der Waals surface area contributed by atoms with E-state index < -0.39 is 4.92 Å². The number of nitrogens with one attached hydrogen (secondary N) is 1. The lowest BCUT2D eigenvalue weighted by molar-refractivity contribution is -0.384. The zero-order valence-corrected chi connectivity index (χ0v) is 13.0. The fraction of sp³-hybridized carbons (Fsp3) is 0.533. The largest absolute Gasteiger partial charge is 0.376 e. The quantitative estimate of drug-likeness (QED) is 0.679. The van der Waals surface area contributed by atoms with E-state index in [1.54, 1.807) is 11.0 Å². The second-order valence-electron chi connectivity index (χ2n) is 5.67. The van der Waals surface area contributed by atoms with Gasteiger partial charge in [-0.2, -0.15) is 0 Å². The number of hydrogen-bond acceptors (Lipinski definition) is 5. The third-order valence-electron chi connectivity index (χ3n) is 3.63. The van der Waals surface area contributed by atoms with Gasteiger partial charge in [0.25, 0.3) is 5.69 Å². The minimum atomic E-state index is -0.447. The van der Waals surface area contributed by atoms with Gasteiger partial charge < -0.3 is 15.0 Å². The van der Waals surface area contributed by atoms with E-state index in [2.05, 4.69) is 5.32 Å². The molecule has 1 fully saturated rings. The Hall–Kier alpha value is -2.15. The number of amides is 1. The standard InChI is InChI=1S/C15H21N3O4/c1-10-4-5-13(18(20)21)6-14(10)16-7-15(19)17-8-11(2)22-12(3)9-17/h4-6,11-12,16H,7-9H2,1-3H3. The molecule has 120 valence electrons. The second kappa shape index (κ2) is 6.74. The maximum absolute atomic E-state index is 12.3. The van der Waals surface area contributed by atoms with E-state index in [0.717, 1.165) is 5.56 Å². The molecule has 1 aromatic carbocycles. The van der Waals surface area contributed by atoms with Crippen molar-refractivity contribution in [1.82, 2.24) is 4.90 Å². The van der Waals surface area contributed by atoms with Crippen LogP contribution >= 0.6 is 0 Å². The van der Waals surface area contributed by atoms with Crippen LogP contribution in [0.4, 0.5) is 11.4 Å². The van der Waals surface area contributed by atoms with Crippen molar-refractivity contribution in [2.45, 2.75) is 33.0 Å². The summed E-state index contributed by atoms with van der Waals surface area (Å²) >= 11 is 0. The maximum atomic E-state index is 12.3. The molecule has 1 heterocycles. The van der Waals surface area contributed by atoms with Crippen LogP contribution in [0.25, 0.3) is 0 Å². The van der Waals surface area contributed by atoms with E-state index in [0.29, 0.717) is 18.8 Å². The van der Waals surface area contributed by atoms with Gasteiger partial charge in [0.1, 0.15) is 0 Å². The van der Waals surface area contributed by atoms with Crippen molar-refractivity contribution in [3.8, 4) is 0 Å². The first kappa shape index (κ1) is 16.2. The van der Waals surface area contributed by atoms with Gasteiger partial charge in [-0.15, -0.1) is 0 Å². The van der Waals surface area contributed by atoms with Crippen LogP contribution < -0.4 is 5.32 Å². The molecular weight excluding hydrogens is 286 g/mol. The van der Waals surface area contributed by atoms with Crippen LogP contribution in [-0.4, -0.2) is 47.6 Å². The fourth-order valence-corrected chi connectivity index (χ4v) is 2.58. The van der Waals surface area contributed by atoms with E-state index >= 15 is 0 Å². The predicted octanol–water partition coefficient (Wildman–Crippen LogP) is 1.95. The Morgan fingerprint density at radius 1 is 1.41 bits per heavy atom. The summed E-state index contributed by atoms with van der Waals surface area (Å²) in [5, 5.41) is 13.8. The molecule has 7 heteroatoms. The predicted molar refractivity (Wildman–Crippen MR) is 82.9 cm³/mol. The van der Waals surface area contributed by atoms with Crippen molar-refractivity contribution in [3.05, 3.63) is 33.9 Å². The van der Waals surface area contributed by atoms with Gasteiger partial charge in [0.2, 0.25) is 5.91 Å². The van der Waals surface area contributed by atoms with Crippen LogP contribution in [0, 0.1) is 17.0 Å². The summed E-state index contributed by atoms with van der Waals surface area (Å²) < 4.78 is 5.60. The van der Waals surface area contributed by atoms with Crippen LogP contribution in [0.5, 0.6) is 0 Å². The monoisotopic (exact) mass is 307 g/mol. The molecule has 1 aliphatic rings. The highest BCUT2D eigenvalue weighted by atomic mass is 16.6. The van der Waals surface area contributed by atoms with Crippen molar-refractivity contribution in [1.29, 1.82) is 0 Å². The van der Waals surface area contributed by atoms with Gasteiger partial charge in [0.05, 0.1) is 23.7 Å². The molecule has 1 N–H and O–H groups in total. The van der Waals surface area contributed by atoms with Gasteiger partial charge in [0, 0.05) is 30.9 Å². The molecule has 1 aromatic rings. The number of morpholine rings is 1. The van der Waals surface area contributed by atoms with Gasteiger partial charge >= 0.3 is 0 Å². The van der Waals surface area contributed by atoms with Crippen molar-refractivity contribution in [2.75, 3.05) is 25.0 Å². The van der Waals surface area contributed by atoms with Crippen LogP contribution in [0.1, 0.15) is 19.4 Å². The van der Waals surface area contributed by atoms with E-state index in [4.69, 9.17) is 4.74 Å². The summed E-state index contributed by atoms with van der Waals surface area (Å²) in [4.78, 5) is 24.4. The fourth-order valence-electron chi connectivity index (χ4n) is 2.58. The maximum Gasteiger partial charge on any atom is 0.271 e. The van der Waals surface area contributed by atoms with E-state index in [-0.39, 0.29) is 30.3 Å². The number of aryl methyl sites for hydroxylation is 1. The molecule has 0 spiro atoms. The normalized spacial score (nSPS) is 21.5. The third-order valence-corrected chi connectivity index (χ3v) is 3.63. The zero-order chi connectivity index (χ0) is 16.3. The Morgan fingerprint density at radius 3 is 2.64 bits per heavy atom. The Kier molecular flexibility index (Phi) is 4.97. The van der Waals surface area contributed by atoms with E-state index in [9.17, 15) is 14.9 Å². The summed E-state index contributed by atoms with van der Waals surface area (Å²) in [6, 6.07) is 4.57. The molecule has 22 heavy (non-hydrogen) atoms. The number of nitro benzene ring substituents is 1. The Balaban J connectivity index is 1.99. The molecule has 2 atom stereocenters. The molecular formula is C15H21N3O4. The highest BCUT2D eigenvalue weighted by Gasteiger charge is 2.25. The van der Waals surface area contributed by atoms with Crippen LogP contribution in [0.3, 0.4) is 0 Å². The van der Waals surface area contributed by atoms with Gasteiger partial charge in [0.15, 0.2) is 0 Å². The number of nitrogens with zero attached hydrogens (tertiary/aromatic N) is 2.